The summed E-state index contributed by atoms with van der Waals surface area (Å²) in [4.78, 5) is 12.6. The first-order valence-corrected chi connectivity index (χ1v) is 29.4. The summed E-state index contributed by atoms with van der Waals surface area (Å²) in [5, 5.41) is 43.9. The largest absolute Gasteiger partial charge is 0.394 e. The number of hydrogen-bond donors (Lipinski definition) is 5. The fourth-order valence-corrected chi connectivity index (χ4v) is 9.18. The summed E-state index contributed by atoms with van der Waals surface area (Å²) < 4.78 is 0. The fourth-order valence-electron chi connectivity index (χ4n) is 9.18. The van der Waals surface area contributed by atoms with Crippen LogP contribution in [0.3, 0.4) is 0 Å². The third-order valence-electron chi connectivity index (χ3n) is 13.8. The molecule has 0 aliphatic heterocycles. The fraction of sp³-hybridized carbons (Fsp3) is 0.883. The van der Waals surface area contributed by atoms with Gasteiger partial charge in [-0.05, 0) is 77.0 Å². The molecule has 4 atom stereocenters. The van der Waals surface area contributed by atoms with Gasteiger partial charge in [-0.3, -0.25) is 4.79 Å². The third kappa shape index (κ3) is 47.6. The molecule has 0 aliphatic rings. The number of hydrogen-bond acceptors (Lipinski definition) is 5. The molecule has 0 aliphatic carbocycles. The van der Waals surface area contributed by atoms with Crippen molar-refractivity contribution in [1.29, 1.82) is 0 Å². The molecule has 66 heavy (non-hydrogen) atoms. The minimum absolute atomic E-state index is 0.362. The zero-order chi connectivity index (χ0) is 48.1. The van der Waals surface area contributed by atoms with Crippen molar-refractivity contribution in [3.63, 3.8) is 0 Å². The van der Waals surface area contributed by atoms with E-state index in [2.05, 4.69) is 55.6 Å². The number of nitrogens with one attached hydrogen (secondary N) is 1. The van der Waals surface area contributed by atoms with Crippen LogP contribution >= 0.6 is 0 Å². The molecular formula is C60H115NO5. The maximum Gasteiger partial charge on any atom is 0.249 e. The molecule has 0 fully saturated rings. The Bertz CT molecular complexity index is 1040. The number of aliphatic hydroxyl groups excluding tert-OH is 4. The molecule has 0 bridgehead atoms. The van der Waals surface area contributed by atoms with E-state index in [4.69, 9.17) is 0 Å². The van der Waals surface area contributed by atoms with E-state index in [1.807, 2.05) is 0 Å². The van der Waals surface area contributed by atoms with Crippen LogP contribution in [0.5, 0.6) is 0 Å². The summed E-state index contributed by atoms with van der Waals surface area (Å²) in [6.45, 7) is 4.06. The number of rotatable bonds is 54. The lowest BCUT2D eigenvalue weighted by Crippen LogP contribution is -2.53. The zero-order valence-corrected chi connectivity index (χ0v) is 44.2. The van der Waals surface area contributed by atoms with Crippen molar-refractivity contribution in [3.05, 3.63) is 36.5 Å². The predicted octanol–water partition coefficient (Wildman–Crippen LogP) is 17.2. The Kier molecular flexibility index (Phi) is 53.3. The number of aliphatic hydroxyl groups is 4. The van der Waals surface area contributed by atoms with Gasteiger partial charge in [-0.2, -0.15) is 0 Å². The molecule has 1 amide bonds. The minimum atomic E-state index is -1.29. The Morgan fingerprint density at radius 3 is 0.955 bits per heavy atom. The van der Waals surface area contributed by atoms with Crippen LogP contribution in [-0.4, -0.2) is 57.3 Å². The Balaban J connectivity index is 3.58. The molecular weight excluding hydrogens is 815 g/mol. The molecule has 4 unspecified atom stereocenters. The van der Waals surface area contributed by atoms with Crippen LogP contribution in [0.15, 0.2) is 36.5 Å². The molecule has 6 heteroatoms. The van der Waals surface area contributed by atoms with Gasteiger partial charge in [-0.25, -0.2) is 0 Å². The quantitative estimate of drug-likeness (QED) is 0.0308. The molecule has 0 spiro atoms. The van der Waals surface area contributed by atoms with Gasteiger partial charge in [0.2, 0.25) is 5.91 Å². The highest BCUT2D eigenvalue weighted by molar-refractivity contribution is 5.80. The van der Waals surface area contributed by atoms with Crippen molar-refractivity contribution in [2.45, 2.75) is 334 Å². The summed E-state index contributed by atoms with van der Waals surface area (Å²) >= 11 is 0. The SMILES string of the molecule is CCCCCCCCC/C=C/CC/C=C/CCCC(O)C(O)C(CO)NC(=O)C(O)CCCCCCCCCCCCCCCCCC/C=C\CCCCCCCCCCCCCCCC. The van der Waals surface area contributed by atoms with Crippen LogP contribution in [0.1, 0.15) is 309 Å². The Hall–Kier alpha value is -1.47. The zero-order valence-electron chi connectivity index (χ0n) is 44.2. The Morgan fingerprint density at radius 1 is 0.364 bits per heavy atom. The van der Waals surface area contributed by atoms with Crippen molar-refractivity contribution in [2.75, 3.05) is 6.61 Å². The number of allylic oxidation sites excluding steroid dienone is 6. The topological polar surface area (TPSA) is 110 Å². The van der Waals surface area contributed by atoms with E-state index in [0.29, 0.717) is 19.3 Å². The summed E-state index contributed by atoms with van der Waals surface area (Å²) in [5.41, 5.74) is 0. The van der Waals surface area contributed by atoms with Gasteiger partial charge in [0.25, 0.3) is 0 Å². The predicted molar refractivity (Wildman–Crippen MR) is 288 cm³/mol. The van der Waals surface area contributed by atoms with E-state index in [0.717, 1.165) is 38.5 Å². The van der Waals surface area contributed by atoms with E-state index < -0.39 is 36.9 Å². The highest BCUT2D eigenvalue weighted by Crippen LogP contribution is 2.17. The summed E-state index contributed by atoms with van der Waals surface area (Å²) in [5.74, 6) is -0.594. The van der Waals surface area contributed by atoms with Gasteiger partial charge < -0.3 is 25.7 Å². The molecule has 0 rings (SSSR count). The molecule has 0 aromatic carbocycles. The lowest BCUT2D eigenvalue weighted by Gasteiger charge is -2.27. The van der Waals surface area contributed by atoms with Crippen molar-refractivity contribution in [1.82, 2.24) is 5.32 Å². The molecule has 5 N–H and O–H groups in total. The standard InChI is InChI=1S/C60H115NO5/c1-3-5-7-9-11-13-15-17-19-21-22-23-24-25-26-27-28-29-30-31-32-33-34-35-36-37-38-40-42-44-46-48-50-52-54-58(64)60(66)61-56(55-62)59(65)57(63)53-51-49-47-45-43-41-39-20-18-16-14-12-10-8-6-4-2/h20,27-28,39,45,47,56-59,62-65H,3-19,21-26,29-38,40-44,46,48-55H2,1-2H3,(H,61,66)/b28-27-,39-20+,47-45+. The van der Waals surface area contributed by atoms with E-state index in [1.165, 1.54) is 238 Å². The van der Waals surface area contributed by atoms with Gasteiger partial charge in [0.1, 0.15) is 12.2 Å². The summed E-state index contributed by atoms with van der Waals surface area (Å²) in [7, 11) is 0. The van der Waals surface area contributed by atoms with Crippen molar-refractivity contribution in [3.8, 4) is 0 Å². The lowest BCUT2D eigenvalue weighted by atomic mass is 10.00. The van der Waals surface area contributed by atoms with Crippen molar-refractivity contribution < 1.29 is 25.2 Å². The molecule has 0 aromatic heterocycles. The monoisotopic (exact) mass is 930 g/mol. The first-order chi connectivity index (χ1) is 32.5. The first kappa shape index (κ1) is 64.5. The first-order valence-electron chi connectivity index (χ1n) is 29.4. The second-order valence-electron chi connectivity index (χ2n) is 20.3. The van der Waals surface area contributed by atoms with Crippen LogP contribution in [0.25, 0.3) is 0 Å². The van der Waals surface area contributed by atoms with Gasteiger partial charge in [-0.1, -0.05) is 269 Å². The molecule has 390 valence electrons. The Labute approximate surface area is 411 Å². The smallest absolute Gasteiger partial charge is 0.249 e. The van der Waals surface area contributed by atoms with Crippen LogP contribution in [0, 0.1) is 0 Å². The number of carbonyl (C=O) groups is 1. The van der Waals surface area contributed by atoms with Crippen molar-refractivity contribution >= 4 is 5.91 Å². The summed E-state index contributed by atoms with van der Waals surface area (Å²) in [6.07, 6.45) is 68.1. The van der Waals surface area contributed by atoms with E-state index in [-0.39, 0.29) is 0 Å². The van der Waals surface area contributed by atoms with Crippen LogP contribution in [0.2, 0.25) is 0 Å². The van der Waals surface area contributed by atoms with E-state index in [9.17, 15) is 25.2 Å². The third-order valence-corrected chi connectivity index (χ3v) is 13.8. The number of amides is 1. The molecule has 0 heterocycles. The van der Waals surface area contributed by atoms with Crippen molar-refractivity contribution in [2.24, 2.45) is 0 Å². The minimum Gasteiger partial charge on any atom is -0.394 e. The molecule has 0 saturated carbocycles. The molecule has 6 nitrogen and oxygen atoms in total. The second kappa shape index (κ2) is 54.5. The number of unbranched alkanes of at least 4 members (excludes halogenated alkanes) is 39. The average Bonchev–Trinajstić information content (AvgIpc) is 3.32. The Morgan fingerprint density at radius 2 is 0.636 bits per heavy atom. The lowest BCUT2D eigenvalue weighted by molar-refractivity contribution is -0.132. The van der Waals surface area contributed by atoms with Gasteiger partial charge in [-0.15, -0.1) is 0 Å². The van der Waals surface area contributed by atoms with Crippen LogP contribution in [-0.2, 0) is 4.79 Å². The van der Waals surface area contributed by atoms with Crippen LogP contribution < -0.4 is 5.32 Å². The van der Waals surface area contributed by atoms with Gasteiger partial charge in [0, 0.05) is 0 Å². The van der Waals surface area contributed by atoms with E-state index >= 15 is 0 Å². The highest BCUT2D eigenvalue weighted by Gasteiger charge is 2.28. The average molecular weight is 931 g/mol. The van der Waals surface area contributed by atoms with Crippen LogP contribution in [0.4, 0.5) is 0 Å². The number of carbonyl (C=O) groups excluding carboxylic acids is 1. The van der Waals surface area contributed by atoms with E-state index in [1.54, 1.807) is 0 Å². The van der Waals surface area contributed by atoms with Gasteiger partial charge in [0.15, 0.2) is 0 Å². The molecule has 0 aromatic rings. The van der Waals surface area contributed by atoms with Gasteiger partial charge >= 0.3 is 0 Å². The highest BCUT2D eigenvalue weighted by atomic mass is 16.3. The summed E-state index contributed by atoms with van der Waals surface area (Å²) in [6, 6.07) is -1.01. The van der Waals surface area contributed by atoms with Gasteiger partial charge in [0.05, 0.1) is 18.8 Å². The maximum absolute atomic E-state index is 12.6. The molecule has 0 saturated heterocycles. The normalized spacial score (nSPS) is 14.0. The molecule has 0 radical (unpaired) electrons. The second-order valence-corrected chi connectivity index (χ2v) is 20.3. The maximum atomic E-state index is 12.6.